The monoisotopic (exact) mass is 201 g/mol. The summed E-state index contributed by atoms with van der Waals surface area (Å²) in [6, 6.07) is 0. The molecule has 0 radical (unpaired) electrons. The first-order valence-corrected chi connectivity index (χ1v) is 5.87. The lowest BCUT2D eigenvalue weighted by molar-refractivity contribution is 0.222. The Kier molecular flexibility index (Phi) is 3.70. The predicted octanol–water partition coefficient (Wildman–Crippen LogP) is 2.53. The van der Waals surface area contributed by atoms with Crippen molar-refractivity contribution in [3.63, 3.8) is 0 Å². The summed E-state index contributed by atoms with van der Waals surface area (Å²) in [5, 5.41) is 0. The summed E-state index contributed by atoms with van der Waals surface area (Å²) in [5.74, 6) is 2.92. The normalized spacial score (nSPS) is 28.2. The largest absolute Gasteiger partial charge is 0.306 e. The van der Waals surface area contributed by atoms with Crippen molar-refractivity contribution in [2.75, 3.05) is 25.9 Å². The van der Waals surface area contributed by atoms with Gasteiger partial charge in [0, 0.05) is 13.1 Å². The van der Waals surface area contributed by atoms with E-state index in [1.54, 1.807) is 0 Å². The summed E-state index contributed by atoms with van der Waals surface area (Å²) in [5.41, 5.74) is 0.357. The summed E-state index contributed by atoms with van der Waals surface area (Å²) in [6.45, 7) is 9.36. The van der Waals surface area contributed by atoms with Gasteiger partial charge in [-0.3, -0.25) is 0 Å². The van der Waals surface area contributed by atoms with Crippen LogP contribution in [-0.2, 0) is 0 Å². The van der Waals surface area contributed by atoms with Crippen molar-refractivity contribution in [3.05, 3.63) is 0 Å². The highest BCUT2D eigenvalue weighted by atomic mass is 32.1. The van der Waals surface area contributed by atoms with Crippen LogP contribution < -0.4 is 0 Å². The summed E-state index contributed by atoms with van der Waals surface area (Å²) >= 11 is 4.37. The average molecular weight is 201 g/mol. The second kappa shape index (κ2) is 4.22. The van der Waals surface area contributed by atoms with Crippen LogP contribution in [-0.4, -0.2) is 30.8 Å². The maximum absolute atomic E-state index is 4.37. The van der Waals surface area contributed by atoms with Crippen LogP contribution in [0, 0.1) is 17.3 Å². The van der Waals surface area contributed by atoms with Crippen LogP contribution in [0.3, 0.4) is 0 Å². The van der Waals surface area contributed by atoms with Crippen LogP contribution in [0.5, 0.6) is 0 Å². The van der Waals surface area contributed by atoms with Gasteiger partial charge in [-0.15, -0.1) is 0 Å². The standard InChI is InChI=1S/C11H23NS/c1-9-5-10(9)6-12(4)7-11(2,3)8-13/h9-10,13H,5-8H2,1-4H3. The van der Waals surface area contributed by atoms with E-state index in [0.29, 0.717) is 5.41 Å². The van der Waals surface area contributed by atoms with Crippen LogP contribution in [0.25, 0.3) is 0 Å². The topological polar surface area (TPSA) is 3.24 Å². The zero-order valence-corrected chi connectivity index (χ0v) is 10.3. The van der Waals surface area contributed by atoms with Gasteiger partial charge in [0.1, 0.15) is 0 Å². The van der Waals surface area contributed by atoms with Gasteiger partial charge in [-0.05, 0) is 36.5 Å². The molecule has 1 nitrogen and oxygen atoms in total. The molecule has 0 amide bonds. The molecule has 1 aliphatic rings. The lowest BCUT2D eigenvalue weighted by Crippen LogP contribution is -2.34. The minimum Gasteiger partial charge on any atom is -0.306 e. The third-order valence-corrected chi connectivity index (χ3v) is 3.80. The number of nitrogens with zero attached hydrogens (tertiary/aromatic N) is 1. The molecular weight excluding hydrogens is 178 g/mol. The van der Waals surface area contributed by atoms with E-state index in [0.717, 1.165) is 17.6 Å². The van der Waals surface area contributed by atoms with Crippen molar-refractivity contribution in [1.29, 1.82) is 0 Å². The summed E-state index contributed by atoms with van der Waals surface area (Å²) in [4.78, 5) is 2.46. The van der Waals surface area contributed by atoms with Gasteiger partial charge < -0.3 is 4.90 Å². The first-order chi connectivity index (χ1) is 5.94. The Morgan fingerprint density at radius 1 is 1.46 bits per heavy atom. The Bertz CT molecular complexity index is 167. The Morgan fingerprint density at radius 3 is 2.38 bits per heavy atom. The van der Waals surface area contributed by atoms with E-state index in [4.69, 9.17) is 0 Å². The smallest absolute Gasteiger partial charge is 0.00376 e. The third-order valence-electron chi connectivity index (χ3n) is 2.95. The van der Waals surface area contributed by atoms with E-state index >= 15 is 0 Å². The quantitative estimate of drug-likeness (QED) is 0.669. The lowest BCUT2D eigenvalue weighted by Gasteiger charge is -2.28. The van der Waals surface area contributed by atoms with Gasteiger partial charge in [0.2, 0.25) is 0 Å². The van der Waals surface area contributed by atoms with Crippen LogP contribution in [0.15, 0.2) is 0 Å². The van der Waals surface area contributed by atoms with Gasteiger partial charge in [0.15, 0.2) is 0 Å². The SMILES string of the molecule is CC1CC1CN(C)CC(C)(C)CS. The molecule has 2 atom stereocenters. The molecule has 0 bridgehead atoms. The van der Waals surface area contributed by atoms with Crippen LogP contribution in [0.1, 0.15) is 27.2 Å². The summed E-state index contributed by atoms with van der Waals surface area (Å²) < 4.78 is 0. The van der Waals surface area contributed by atoms with Gasteiger partial charge in [-0.25, -0.2) is 0 Å². The van der Waals surface area contributed by atoms with Gasteiger partial charge >= 0.3 is 0 Å². The van der Waals surface area contributed by atoms with E-state index < -0.39 is 0 Å². The first-order valence-electron chi connectivity index (χ1n) is 5.24. The molecule has 78 valence electrons. The van der Waals surface area contributed by atoms with Crippen molar-refractivity contribution < 1.29 is 0 Å². The Balaban J connectivity index is 2.20. The highest BCUT2D eigenvalue weighted by Crippen LogP contribution is 2.38. The van der Waals surface area contributed by atoms with Crippen molar-refractivity contribution in [2.24, 2.45) is 17.3 Å². The second-order valence-electron chi connectivity index (χ2n) is 5.49. The van der Waals surface area contributed by atoms with Crippen LogP contribution in [0.2, 0.25) is 0 Å². The van der Waals surface area contributed by atoms with Gasteiger partial charge in [-0.1, -0.05) is 20.8 Å². The van der Waals surface area contributed by atoms with Crippen LogP contribution in [0.4, 0.5) is 0 Å². The number of hydrogen-bond acceptors (Lipinski definition) is 2. The van der Waals surface area contributed by atoms with Crippen molar-refractivity contribution in [1.82, 2.24) is 4.90 Å². The number of rotatable bonds is 5. The van der Waals surface area contributed by atoms with E-state index in [1.807, 2.05) is 0 Å². The Morgan fingerprint density at radius 2 is 2.00 bits per heavy atom. The molecule has 0 aromatic rings. The van der Waals surface area contributed by atoms with Gasteiger partial charge in [-0.2, -0.15) is 12.6 Å². The number of thiol groups is 1. The fourth-order valence-electron chi connectivity index (χ4n) is 1.90. The Labute approximate surface area is 88.3 Å². The minimum atomic E-state index is 0.357. The predicted molar refractivity (Wildman–Crippen MR) is 62.4 cm³/mol. The maximum atomic E-state index is 4.37. The van der Waals surface area contributed by atoms with E-state index in [2.05, 4.69) is 45.3 Å². The summed E-state index contributed by atoms with van der Waals surface area (Å²) in [6.07, 6.45) is 1.44. The molecule has 2 unspecified atom stereocenters. The molecule has 0 aromatic heterocycles. The highest BCUT2D eigenvalue weighted by molar-refractivity contribution is 7.80. The molecule has 1 saturated carbocycles. The molecule has 2 heteroatoms. The van der Waals surface area contributed by atoms with Crippen molar-refractivity contribution in [3.8, 4) is 0 Å². The van der Waals surface area contributed by atoms with Crippen molar-refractivity contribution in [2.45, 2.75) is 27.2 Å². The molecule has 0 aromatic carbocycles. The fraction of sp³-hybridized carbons (Fsp3) is 1.00. The Hall–Kier alpha value is 0.310. The molecular formula is C11H23NS. The van der Waals surface area contributed by atoms with Gasteiger partial charge in [0.05, 0.1) is 0 Å². The zero-order chi connectivity index (χ0) is 10.1. The van der Waals surface area contributed by atoms with Crippen LogP contribution >= 0.6 is 12.6 Å². The highest BCUT2D eigenvalue weighted by Gasteiger charge is 2.33. The lowest BCUT2D eigenvalue weighted by atomic mass is 9.96. The minimum absolute atomic E-state index is 0.357. The zero-order valence-electron chi connectivity index (χ0n) is 9.38. The third kappa shape index (κ3) is 3.90. The van der Waals surface area contributed by atoms with E-state index in [9.17, 15) is 0 Å². The molecule has 0 N–H and O–H groups in total. The second-order valence-corrected chi connectivity index (χ2v) is 5.81. The molecule has 13 heavy (non-hydrogen) atoms. The average Bonchev–Trinajstić information content (AvgIpc) is 2.65. The molecule has 0 heterocycles. The van der Waals surface area contributed by atoms with E-state index in [-0.39, 0.29) is 0 Å². The molecule has 0 aliphatic heterocycles. The van der Waals surface area contributed by atoms with Gasteiger partial charge in [0.25, 0.3) is 0 Å². The molecule has 0 spiro atoms. The number of hydrogen-bond donors (Lipinski definition) is 1. The fourth-order valence-corrected chi connectivity index (χ4v) is 2.00. The molecule has 0 saturated heterocycles. The molecule has 1 fully saturated rings. The van der Waals surface area contributed by atoms with Crippen molar-refractivity contribution >= 4 is 12.6 Å². The maximum Gasteiger partial charge on any atom is 0.00376 e. The molecule has 1 rings (SSSR count). The first kappa shape index (κ1) is 11.4. The van der Waals surface area contributed by atoms with E-state index in [1.165, 1.54) is 19.5 Å². The summed E-state index contributed by atoms with van der Waals surface area (Å²) in [7, 11) is 2.23. The molecule has 1 aliphatic carbocycles.